The number of methoxy groups -OCH3 is 1. The Morgan fingerprint density at radius 3 is 2.38 bits per heavy atom. The van der Waals surface area contributed by atoms with E-state index >= 15 is 0 Å². The monoisotopic (exact) mass is 437 g/mol. The van der Waals surface area contributed by atoms with E-state index in [0.29, 0.717) is 16.5 Å². The highest BCUT2D eigenvalue weighted by Gasteiger charge is 2.26. The first kappa shape index (κ1) is 22.8. The fraction of sp³-hybridized carbons (Fsp3) is 0.421. The molecule has 2 aromatic heterocycles. The summed E-state index contributed by atoms with van der Waals surface area (Å²) in [4.78, 5) is 45.6. The zero-order valence-corrected chi connectivity index (χ0v) is 18.6. The molecule has 2 aromatic rings. The SMILES string of the molecule is CCOC(=O)c1sc(NC(=O)CCSc2nc(C)cc(C)n2)c(C(=O)OC)c1C. The van der Waals surface area contributed by atoms with Crippen molar-refractivity contribution in [1.29, 1.82) is 0 Å². The minimum absolute atomic E-state index is 0.166. The zero-order chi connectivity index (χ0) is 21.6. The van der Waals surface area contributed by atoms with Crippen molar-refractivity contribution in [3.05, 3.63) is 33.5 Å². The van der Waals surface area contributed by atoms with Crippen molar-refractivity contribution < 1.29 is 23.9 Å². The van der Waals surface area contributed by atoms with Crippen LogP contribution in [0.2, 0.25) is 0 Å². The Morgan fingerprint density at radius 2 is 1.79 bits per heavy atom. The normalized spacial score (nSPS) is 10.5. The van der Waals surface area contributed by atoms with Gasteiger partial charge in [-0.1, -0.05) is 11.8 Å². The summed E-state index contributed by atoms with van der Waals surface area (Å²) in [5.74, 6) is -0.980. The van der Waals surface area contributed by atoms with Gasteiger partial charge in [0, 0.05) is 23.6 Å². The number of amides is 1. The molecule has 0 spiro atoms. The summed E-state index contributed by atoms with van der Waals surface area (Å²) in [6, 6.07) is 1.88. The van der Waals surface area contributed by atoms with Gasteiger partial charge in [0.1, 0.15) is 9.88 Å². The van der Waals surface area contributed by atoms with Crippen LogP contribution in [-0.4, -0.2) is 47.3 Å². The molecule has 0 radical (unpaired) electrons. The molecule has 0 fully saturated rings. The molecule has 0 aromatic carbocycles. The molecular weight excluding hydrogens is 414 g/mol. The predicted octanol–water partition coefficient (Wildman–Crippen LogP) is 3.55. The van der Waals surface area contributed by atoms with Crippen molar-refractivity contribution in [2.75, 3.05) is 24.8 Å². The number of thioether (sulfide) groups is 1. The van der Waals surface area contributed by atoms with Crippen LogP contribution in [0.4, 0.5) is 5.00 Å². The highest BCUT2D eigenvalue weighted by molar-refractivity contribution is 7.99. The summed E-state index contributed by atoms with van der Waals surface area (Å²) in [5.41, 5.74) is 2.33. The van der Waals surface area contributed by atoms with Crippen LogP contribution in [-0.2, 0) is 14.3 Å². The Bertz CT molecular complexity index is 907. The molecule has 2 rings (SSSR count). The van der Waals surface area contributed by atoms with E-state index in [-0.39, 0.29) is 34.4 Å². The molecule has 0 atom stereocenters. The van der Waals surface area contributed by atoms with Gasteiger partial charge in [0.05, 0.1) is 19.3 Å². The van der Waals surface area contributed by atoms with Crippen LogP contribution < -0.4 is 5.32 Å². The molecule has 156 valence electrons. The second-order valence-corrected chi connectivity index (χ2v) is 8.13. The summed E-state index contributed by atoms with van der Waals surface area (Å²) in [7, 11) is 1.25. The second kappa shape index (κ2) is 10.4. The number of ether oxygens (including phenoxy) is 2. The van der Waals surface area contributed by atoms with E-state index in [1.165, 1.54) is 18.9 Å². The molecular formula is C19H23N3O5S2. The third kappa shape index (κ3) is 6.01. The number of rotatable bonds is 8. The molecule has 0 aliphatic heterocycles. The molecule has 1 N–H and O–H groups in total. The van der Waals surface area contributed by atoms with E-state index in [1.807, 2.05) is 19.9 Å². The summed E-state index contributed by atoms with van der Waals surface area (Å²) in [6.07, 6.45) is 0.188. The van der Waals surface area contributed by atoms with E-state index in [1.54, 1.807) is 13.8 Å². The lowest BCUT2D eigenvalue weighted by atomic mass is 10.1. The Morgan fingerprint density at radius 1 is 1.14 bits per heavy atom. The van der Waals surface area contributed by atoms with E-state index < -0.39 is 11.9 Å². The van der Waals surface area contributed by atoms with E-state index in [2.05, 4.69) is 15.3 Å². The maximum Gasteiger partial charge on any atom is 0.348 e. The van der Waals surface area contributed by atoms with Gasteiger partial charge in [-0.3, -0.25) is 4.79 Å². The predicted molar refractivity (Wildman–Crippen MR) is 112 cm³/mol. The topological polar surface area (TPSA) is 107 Å². The summed E-state index contributed by atoms with van der Waals surface area (Å²) in [5, 5.41) is 3.60. The number of hydrogen-bond donors (Lipinski definition) is 1. The third-order valence-electron chi connectivity index (χ3n) is 3.77. The van der Waals surface area contributed by atoms with Crippen molar-refractivity contribution in [3.8, 4) is 0 Å². The van der Waals surface area contributed by atoms with Gasteiger partial charge in [0.25, 0.3) is 0 Å². The summed E-state index contributed by atoms with van der Waals surface area (Å²) >= 11 is 2.38. The number of nitrogens with zero attached hydrogens (tertiary/aromatic N) is 2. The average molecular weight is 438 g/mol. The fourth-order valence-electron chi connectivity index (χ4n) is 2.52. The lowest BCUT2D eigenvalue weighted by molar-refractivity contribution is -0.115. The number of aryl methyl sites for hydroxylation is 2. The smallest absolute Gasteiger partial charge is 0.348 e. The molecule has 0 saturated carbocycles. The first-order chi connectivity index (χ1) is 13.8. The number of carbonyl (C=O) groups excluding carboxylic acids is 3. The molecule has 10 heteroatoms. The maximum atomic E-state index is 12.4. The van der Waals surface area contributed by atoms with Gasteiger partial charge in [-0.15, -0.1) is 11.3 Å². The Hall–Kier alpha value is -2.46. The highest BCUT2D eigenvalue weighted by atomic mass is 32.2. The molecule has 2 heterocycles. The Labute approximate surface area is 177 Å². The number of carbonyl (C=O) groups is 3. The van der Waals surface area contributed by atoms with Crippen molar-refractivity contribution in [1.82, 2.24) is 9.97 Å². The van der Waals surface area contributed by atoms with Crippen molar-refractivity contribution >= 4 is 45.9 Å². The third-order valence-corrected chi connectivity index (χ3v) is 5.81. The van der Waals surface area contributed by atoms with Gasteiger partial charge in [-0.25, -0.2) is 19.6 Å². The van der Waals surface area contributed by atoms with Crippen LogP contribution in [0.25, 0.3) is 0 Å². The van der Waals surface area contributed by atoms with Crippen LogP contribution >= 0.6 is 23.1 Å². The molecule has 0 unspecified atom stereocenters. The Kier molecular flexibility index (Phi) is 8.15. The van der Waals surface area contributed by atoms with E-state index in [4.69, 9.17) is 9.47 Å². The number of anilines is 1. The van der Waals surface area contributed by atoms with Gasteiger partial charge in [-0.05, 0) is 39.3 Å². The van der Waals surface area contributed by atoms with Crippen molar-refractivity contribution in [2.24, 2.45) is 0 Å². The van der Waals surface area contributed by atoms with Crippen LogP contribution in [0.5, 0.6) is 0 Å². The first-order valence-electron chi connectivity index (χ1n) is 8.90. The van der Waals surface area contributed by atoms with Crippen LogP contribution in [0, 0.1) is 20.8 Å². The van der Waals surface area contributed by atoms with Gasteiger partial charge in [0.15, 0.2) is 5.16 Å². The standard InChI is InChI=1S/C19H23N3O5S2/c1-6-27-18(25)15-12(4)14(17(24)26-5)16(29-15)22-13(23)7-8-28-19-20-10(2)9-11(3)21-19/h9H,6-8H2,1-5H3,(H,22,23). The molecule has 0 bridgehead atoms. The van der Waals surface area contributed by atoms with E-state index in [9.17, 15) is 14.4 Å². The zero-order valence-electron chi connectivity index (χ0n) is 17.0. The molecule has 0 aliphatic carbocycles. The molecule has 0 aliphatic rings. The number of hydrogen-bond acceptors (Lipinski definition) is 9. The minimum Gasteiger partial charge on any atom is -0.465 e. The van der Waals surface area contributed by atoms with Crippen LogP contribution in [0.1, 0.15) is 50.3 Å². The largest absolute Gasteiger partial charge is 0.465 e. The number of aromatic nitrogens is 2. The van der Waals surface area contributed by atoms with Gasteiger partial charge in [-0.2, -0.15) is 0 Å². The molecule has 8 nitrogen and oxygen atoms in total. The minimum atomic E-state index is -0.623. The number of thiophene rings is 1. The quantitative estimate of drug-likeness (QED) is 0.380. The summed E-state index contributed by atoms with van der Waals surface area (Å²) < 4.78 is 9.82. The van der Waals surface area contributed by atoms with Crippen molar-refractivity contribution in [3.63, 3.8) is 0 Å². The van der Waals surface area contributed by atoms with Gasteiger partial charge < -0.3 is 14.8 Å². The Balaban J connectivity index is 2.09. The fourth-order valence-corrected chi connectivity index (χ4v) is 4.52. The number of nitrogens with one attached hydrogen (secondary N) is 1. The lowest BCUT2D eigenvalue weighted by Crippen LogP contribution is -2.14. The van der Waals surface area contributed by atoms with Crippen LogP contribution in [0.3, 0.4) is 0 Å². The second-order valence-electron chi connectivity index (χ2n) is 6.05. The van der Waals surface area contributed by atoms with E-state index in [0.717, 1.165) is 22.7 Å². The van der Waals surface area contributed by atoms with Gasteiger partial charge >= 0.3 is 11.9 Å². The molecule has 1 amide bonds. The number of esters is 2. The molecule has 29 heavy (non-hydrogen) atoms. The van der Waals surface area contributed by atoms with Gasteiger partial charge in [0.2, 0.25) is 5.91 Å². The maximum absolute atomic E-state index is 12.4. The summed E-state index contributed by atoms with van der Waals surface area (Å²) in [6.45, 7) is 7.31. The lowest BCUT2D eigenvalue weighted by Gasteiger charge is -2.06. The molecule has 0 saturated heterocycles. The average Bonchev–Trinajstić information content (AvgIpc) is 2.96. The first-order valence-corrected chi connectivity index (χ1v) is 10.7. The highest BCUT2D eigenvalue weighted by Crippen LogP contribution is 2.34. The van der Waals surface area contributed by atoms with Crippen LogP contribution in [0.15, 0.2) is 11.2 Å². The van der Waals surface area contributed by atoms with Crippen molar-refractivity contribution in [2.45, 2.75) is 39.3 Å².